The minimum atomic E-state index is -0.788. The van der Waals surface area contributed by atoms with Crippen molar-refractivity contribution < 1.29 is 24.7 Å². The van der Waals surface area contributed by atoms with Crippen molar-refractivity contribution in [2.24, 2.45) is 29.1 Å². The number of hydrogen-bond donors (Lipinski definition) is 1. The molecular formula is C32H46N2O5. The molecule has 5 saturated carbocycles. The Balaban J connectivity index is 1.02. The summed E-state index contributed by atoms with van der Waals surface area (Å²) in [5.74, 6) is 3.04. The predicted molar refractivity (Wildman–Crippen MR) is 145 cm³/mol. The van der Waals surface area contributed by atoms with Crippen LogP contribution < -0.4 is 0 Å². The van der Waals surface area contributed by atoms with E-state index in [1.807, 2.05) is 6.07 Å². The summed E-state index contributed by atoms with van der Waals surface area (Å²) in [4.78, 5) is 28.6. The third-order valence-corrected chi connectivity index (χ3v) is 12.4. The lowest BCUT2D eigenvalue weighted by Gasteiger charge is -2.68. The first-order valence-electron chi connectivity index (χ1n) is 16.0. The van der Waals surface area contributed by atoms with Crippen LogP contribution in [-0.2, 0) is 26.1 Å². The molecule has 1 aromatic carbocycles. The van der Waals surface area contributed by atoms with Crippen LogP contribution in [0.5, 0.6) is 5.75 Å². The highest BCUT2D eigenvalue weighted by Gasteiger charge is 2.71. The first kappa shape index (κ1) is 25.5. The van der Waals surface area contributed by atoms with Crippen LogP contribution in [0.25, 0.3) is 0 Å². The number of rotatable bonds is 4. The summed E-state index contributed by atoms with van der Waals surface area (Å²) < 4.78 is 0. The van der Waals surface area contributed by atoms with Gasteiger partial charge in [-0.25, -0.2) is 9.78 Å². The quantitative estimate of drug-likeness (QED) is 0.492. The second-order valence-electron chi connectivity index (χ2n) is 14.2. The van der Waals surface area contributed by atoms with E-state index in [0.29, 0.717) is 23.5 Å². The number of piperidine rings is 1. The highest BCUT2D eigenvalue weighted by Crippen LogP contribution is 2.71. The third-order valence-electron chi connectivity index (χ3n) is 12.4. The topological polar surface area (TPSA) is 63.6 Å². The van der Waals surface area contributed by atoms with Gasteiger partial charge in [0, 0.05) is 30.0 Å². The highest BCUT2D eigenvalue weighted by molar-refractivity contribution is 5.38. The number of benzene rings is 1. The van der Waals surface area contributed by atoms with E-state index in [1.54, 1.807) is 0 Å². The molecule has 1 aromatic rings. The van der Waals surface area contributed by atoms with E-state index in [0.717, 1.165) is 62.3 Å². The Morgan fingerprint density at radius 3 is 2.23 bits per heavy atom. The number of nitrogens with zero attached hydrogens (tertiary/aromatic N) is 2. The summed E-state index contributed by atoms with van der Waals surface area (Å²) in [5.41, 5.74) is 2.39. The molecule has 7 heteroatoms. The van der Waals surface area contributed by atoms with E-state index in [1.165, 1.54) is 76.4 Å². The Morgan fingerprint density at radius 2 is 1.54 bits per heavy atom. The summed E-state index contributed by atoms with van der Waals surface area (Å²) in [6.45, 7) is 5.71. The molecular weight excluding hydrogens is 492 g/mol. The molecule has 1 unspecified atom stereocenters. The molecule has 5 aliphatic carbocycles. The number of aromatic hydroxyl groups is 1. The number of phenols is 1. The van der Waals surface area contributed by atoms with Crippen molar-refractivity contribution >= 4 is 0 Å². The smallest absolute Gasteiger partial charge is 0.240 e. The van der Waals surface area contributed by atoms with Gasteiger partial charge in [0.15, 0.2) is 0 Å². The molecule has 8 fully saturated rings. The number of likely N-dealkylation sites (tertiary alicyclic amines) is 2. The fraction of sp³-hybridized carbons (Fsp3) is 0.812. The second kappa shape index (κ2) is 9.95. The van der Waals surface area contributed by atoms with Crippen molar-refractivity contribution in [2.75, 3.05) is 33.0 Å². The average molecular weight is 539 g/mol. The van der Waals surface area contributed by atoms with Gasteiger partial charge in [-0.15, -0.1) is 0 Å². The summed E-state index contributed by atoms with van der Waals surface area (Å²) >= 11 is 0. The normalized spacial score (nSPS) is 40.7. The van der Waals surface area contributed by atoms with Crippen molar-refractivity contribution in [1.82, 2.24) is 9.80 Å². The SMILES string of the molecule is Oc1ccc(C2CCC3(OOCOO3)C3(C2)C2CC4CC(C2)CC3C4)cc1CN1CCC(N2CCCC2)CC1. The summed E-state index contributed by atoms with van der Waals surface area (Å²) in [7, 11) is 0. The Bertz CT molecular complexity index is 1010. The maximum absolute atomic E-state index is 10.9. The van der Waals surface area contributed by atoms with E-state index in [9.17, 15) is 5.11 Å². The average Bonchev–Trinajstić information content (AvgIpc) is 3.50. The van der Waals surface area contributed by atoms with Crippen LogP contribution in [0.2, 0.25) is 0 Å². The van der Waals surface area contributed by atoms with E-state index in [4.69, 9.17) is 19.6 Å². The molecule has 3 saturated heterocycles. The van der Waals surface area contributed by atoms with Crippen molar-refractivity contribution in [3.05, 3.63) is 29.3 Å². The van der Waals surface area contributed by atoms with Crippen LogP contribution in [0, 0.1) is 29.1 Å². The van der Waals surface area contributed by atoms with Gasteiger partial charge in [0.25, 0.3) is 0 Å². The van der Waals surface area contributed by atoms with Gasteiger partial charge in [-0.05, 0) is 138 Å². The van der Waals surface area contributed by atoms with Crippen molar-refractivity contribution in [1.29, 1.82) is 0 Å². The molecule has 0 amide bonds. The Morgan fingerprint density at radius 1 is 0.846 bits per heavy atom. The van der Waals surface area contributed by atoms with Crippen LogP contribution >= 0.6 is 0 Å². The number of phenolic OH excluding ortho intramolecular Hbond substituents is 1. The van der Waals surface area contributed by atoms with Crippen LogP contribution in [0.15, 0.2) is 18.2 Å². The van der Waals surface area contributed by atoms with Crippen molar-refractivity contribution in [3.63, 3.8) is 0 Å². The predicted octanol–water partition coefficient (Wildman–Crippen LogP) is 5.73. The van der Waals surface area contributed by atoms with E-state index in [2.05, 4.69) is 21.9 Å². The zero-order valence-electron chi connectivity index (χ0n) is 23.4. The monoisotopic (exact) mass is 538 g/mol. The Labute approximate surface area is 233 Å². The summed E-state index contributed by atoms with van der Waals surface area (Å²) in [6.07, 6.45) is 14.7. The van der Waals surface area contributed by atoms with Gasteiger partial charge < -0.3 is 10.0 Å². The molecule has 3 aliphatic heterocycles. The fourth-order valence-corrected chi connectivity index (χ4v) is 10.8. The lowest BCUT2D eigenvalue weighted by atomic mass is 9.40. The van der Waals surface area contributed by atoms with Crippen LogP contribution in [0.3, 0.4) is 0 Å². The minimum absolute atomic E-state index is 0.0401. The van der Waals surface area contributed by atoms with Crippen LogP contribution in [-0.4, -0.2) is 59.7 Å². The first-order valence-corrected chi connectivity index (χ1v) is 16.0. The van der Waals surface area contributed by atoms with Crippen LogP contribution in [0.1, 0.15) is 94.1 Å². The molecule has 9 rings (SSSR count). The Kier molecular flexibility index (Phi) is 6.50. The van der Waals surface area contributed by atoms with Gasteiger partial charge in [-0.2, -0.15) is 9.78 Å². The molecule has 214 valence electrons. The summed E-state index contributed by atoms with van der Waals surface area (Å²) in [5, 5.41) is 10.9. The van der Waals surface area contributed by atoms with Gasteiger partial charge in [-0.3, -0.25) is 4.90 Å². The highest BCUT2D eigenvalue weighted by atomic mass is 17.4. The van der Waals surface area contributed by atoms with E-state index in [-0.39, 0.29) is 12.2 Å². The van der Waals surface area contributed by atoms with Crippen LogP contribution in [0.4, 0.5) is 0 Å². The van der Waals surface area contributed by atoms with E-state index >= 15 is 0 Å². The second-order valence-corrected chi connectivity index (χ2v) is 14.2. The van der Waals surface area contributed by atoms with Gasteiger partial charge in [0.2, 0.25) is 12.6 Å². The van der Waals surface area contributed by atoms with E-state index < -0.39 is 5.79 Å². The molecule has 3 heterocycles. The molecule has 39 heavy (non-hydrogen) atoms. The Hall–Kier alpha value is -1.22. The van der Waals surface area contributed by atoms with Crippen molar-refractivity contribution in [2.45, 2.75) is 101 Å². The van der Waals surface area contributed by atoms with Gasteiger partial charge in [-0.1, -0.05) is 12.1 Å². The zero-order valence-corrected chi connectivity index (χ0v) is 23.4. The molecule has 8 aliphatic rings. The third kappa shape index (κ3) is 4.21. The standard InChI is InChI=1S/C32H46N2O5/c35-30-4-3-24(18-26(30)20-33-11-6-29(7-12-33)34-9-1-2-10-34)25-5-8-32(38-36-21-37-39-32)31(19-25)27-14-22-13-23(16-27)17-28(31)15-22/h3-4,18,22-23,25,27-29,35H,1-2,5-17,19-21H2. The molecule has 0 aromatic heterocycles. The maximum atomic E-state index is 10.9. The van der Waals surface area contributed by atoms with Gasteiger partial charge in [0.05, 0.1) is 0 Å². The maximum Gasteiger partial charge on any atom is 0.240 e. The molecule has 7 nitrogen and oxygen atoms in total. The molecule has 2 spiro atoms. The molecule has 1 N–H and O–H groups in total. The first-order chi connectivity index (χ1) is 19.1. The minimum Gasteiger partial charge on any atom is -0.508 e. The summed E-state index contributed by atoms with van der Waals surface area (Å²) in [6, 6.07) is 7.22. The largest absolute Gasteiger partial charge is 0.508 e. The number of hydrogen-bond acceptors (Lipinski definition) is 7. The molecule has 4 bridgehead atoms. The lowest BCUT2D eigenvalue weighted by Crippen LogP contribution is -2.68. The lowest BCUT2D eigenvalue weighted by molar-refractivity contribution is -0.629. The zero-order chi connectivity index (χ0) is 26.0. The fourth-order valence-electron chi connectivity index (χ4n) is 10.8. The molecule has 1 atom stereocenters. The van der Waals surface area contributed by atoms with Crippen molar-refractivity contribution in [3.8, 4) is 5.75 Å². The van der Waals surface area contributed by atoms with Gasteiger partial charge >= 0.3 is 0 Å². The molecule has 0 radical (unpaired) electrons. The van der Waals surface area contributed by atoms with Gasteiger partial charge in [0.1, 0.15) is 5.75 Å².